The third-order valence-electron chi connectivity index (χ3n) is 4.97. The third kappa shape index (κ3) is 4.35. The molecule has 1 saturated heterocycles. The lowest BCUT2D eigenvalue weighted by molar-refractivity contribution is 0.0629. The fourth-order valence-electron chi connectivity index (χ4n) is 3.51. The Bertz CT molecular complexity index is 779. The minimum absolute atomic E-state index is 0.00415. The average molecular weight is 363 g/mol. The molecule has 0 unspecified atom stereocenters. The summed E-state index contributed by atoms with van der Waals surface area (Å²) in [7, 11) is 0. The molecular weight excluding hydrogens is 334 g/mol. The van der Waals surface area contributed by atoms with Crippen LogP contribution in [0.5, 0.6) is 6.01 Å². The van der Waals surface area contributed by atoms with Crippen LogP contribution in [0.1, 0.15) is 52.4 Å². The molecule has 1 atom stereocenters. The molecular formula is C18H29N5O3. The summed E-state index contributed by atoms with van der Waals surface area (Å²) in [6.07, 6.45) is 6.14. The second-order valence-corrected chi connectivity index (χ2v) is 7.09. The normalized spacial score (nSPS) is 16.8. The number of imidazole rings is 1. The fourth-order valence-corrected chi connectivity index (χ4v) is 3.51. The van der Waals surface area contributed by atoms with Crippen molar-refractivity contribution in [2.45, 2.75) is 65.0 Å². The highest BCUT2D eigenvalue weighted by Crippen LogP contribution is 2.22. The highest BCUT2D eigenvalue weighted by molar-refractivity contribution is 5.81. The number of nitrogen functional groups attached to an aromatic ring is 1. The van der Waals surface area contributed by atoms with E-state index < -0.39 is 0 Å². The van der Waals surface area contributed by atoms with E-state index in [0.717, 1.165) is 51.7 Å². The number of nitrogens with one attached hydrogen (secondary N) is 1. The van der Waals surface area contributed by atoms with Crippen LogP contribution in [0, 0.1) is 5.92 Å². The van der Waals surface area contributed by atoms with E-state index in [1.54, 1.807) is 4.57 Å². The van der Waals surface area contributed by atoms with Crippen molar-refractivity contribution < 1.29 is 9.47 Å². The molecule has 3 N–H and O–H groups in total. The molecule has 26 heavy (non-hydrogen) atoms. The van der Waals surface area contributed by atoms with Crippen LogP contribution in [-0.2, 0) is 11.3 Å². The molecule has 0 radical (unpaired) electrons. The van der Waals surface area contributed by atoms with Crippen LogP contribution in [0.25, 0.3) is 11.2 Å². The van der Waals surface area contributed by atoms with Crippen molar-refractivity contribution in [3.63, 3.8) is 0 Å². The maximum absolute atomic E-state index is 12.3. The number of hydrogen-bond donors (Lipinski definition) is 2. The van der Waals surface area contributed by atoms with Crippen LogP contribution in [0.4, 0.5) is 5.82 Å². The SMILES string of the molecule is CCC[C@H](C)Oc1nc(N)c2[nH]c(=O)n(CCCC3CCOCC3)c2n1. The van der Waals surface area contributed by atoms with Crippen molar-refractivity contribution >= 4 is 17.0 Å². The molecule has 3 rings (SSSR count). The number of aromatic amines is 1. The summed E-state index contributed by atoms with van der Waals surface area (Å²) in [5.41, 5.74) is 6.81. The van der Waals surface area contributed by atoms with Crippen LogP contribution >= 0.6 is 0 Å². The van der Waals surface area contributed by atoms with E-state index in [1.807, 2.05) is 6.92 Å². The lowest BCUT2D eigenvalue weighted by atomic mass is 9.95. The topological polar surface area (TPSA) is 108 Å². The summed E-state index contributed by atoms with van der Waals surface area (Å²) in [6.45, 7) is 6.37. The monoisotopic (exact) mass is 363 g/mol. The minimum Gasteiger partial charge on any atom is -0.460 e. The second kappa shape index (κ2) is 8.53. The van der Waals surface area contributed by atoms with Crippen LogP contribution in [0.15, 0.2) is 4.79 Å². The minimum atomic E-state index is -0.202. The molecule has 144 valence electrons. The number of fused-ring (bicyclic) bond motifs is 1. The molecule has 0 bridgehead atoms. The van der Waals surface area contributed by atoms with Gasteiger partial charge in [-0.3, -0.25) is 4.57 Å². The first-order chi connectivity index (χ1) is 12.6. The summed E-state index contributed by atoms with van der Waals surface area (Å²) in [4.78, 5) is 23.7. The third-order valence-corrected chi connectivity index (χ3v) is 4.97. The molecule has 1 aliphatic heterocycles. The predicted octanol–water partition coefficient (Wildman–Crippen LogP) is 2.48. The average Bonchev–Trinajstić information content (AvgIpc) is 2.93. The van der Waals surface area contributed by atoms with Gasteiger partial charge in [0.25, 0.3) is 0 Å². The molecule has 8 heteroatoms. The summed E-state index contributed by atoms with van der Waals surface area (Å²) in [5, 5.41) is 0. The van der Waals surface area contributed by atoms with Crippen LogP contribution < -0.4 is 16.2 Å². The quantitative estimate of drug-likeness (QED) is 0.746. The standard InChI is InChI=1S/C18H29N5O3/c1-3-5-12(2)26-17-21-15(19)14-16(22-17)23(18(24)20-14)9-4-6-13-7-10-25-11-8-13/h12-13H,3-11H2,1-2H3,(H,20,24)(H2,19,21,22)/t12-/m0/s1. The molecule has 0 amide bonds. The molecule has 8 nitrogen and oxygen atoms in total. The Morgan fingerprint density at radius 3 is 2.88 bits per heavy atom. The van der Waals surface area contributed by atoms with Crippen molar-refractivity contribution in [1.82, 2.24) is 19.5 Å². The van der Waals surface area contributed by atoms with Gasteiger partial charge in [0.15, 0.2) is 11.5 Å². The zero-order valence-corrected chi connectivity index (χ0v) is 15.7. The molecule has 0 saturated carbocycles. The molecule has 1 aliphatic rings. The fraction of sp³-hybridized carbons (Fsp3) is 0.722. The maximum atomic E-state index is 12.3. The van der Waals surface area contributed by atoms with E-state index >= 15 is 0 Å². The van der Waals surface area contributed by atoms with E-state index in [2.05, 4.69) is 21.9 Å². The van der Waals surface area contributed by atoms with Gasteiger partial charge >= 0.3 is 11.7 Å². The number of rotatable bonds is 8. The molecule has 2 aromatic rings. The lowest BCUT2D eigenvalue weighted by Crippen LogP contribution is -2.20. The number of aromatic nitrogens is 4. The molecule has 0 spiro atoms. The van der Waals surface area contributed by atoms with Gasteiger partial charge in [0.2, 0.25) is 0 Å². The molecule has 0 aliphatic carbocycles. The van der Waals surface area contributed by atoms with Crippen LogP contribution in [0.2, 0.25) is 0 Å². The van der Waals surface area contributed by atoms with E-state index in [4.69, 9.17) is 15.2 Å². The predicted molar refractivity (Wildman–Crippen MR) is 100 cm³/mol. The van der Waals surface area contributed by atoms with E-state index in [0.29, 0.717) is 23.6 Å². The van der Waals surface area contributed by atoms with Gasteiger partial charge in [0.05, 0.1) is 6.10 Å². The summed E-state index contributed by atoms with van der Waals surface area (Å²) in [6, 6.07) is 0.230. The van der Waals surface area contributed by atoms with Crippen molar-refractivity contribution in [2.24, 2.45) is 5.92 Å². The Kier molecular flexibility index (Phi) is 6.13. The first-order valence-electron chi connectivity index (χ1n) is 9.59. The van der Waals surface area contributed by atoms with E-state index in [1.165, 1.54) is 0 Å². The highest BCUT2D eigenvalue weighted by atomic mass is 16.5. The molecule has 1 fully saturated rings. The van der Waals surface area contributed by atoms with Crippen molar-refractivity contribution in [1.29, 1.82) is 0 Å². The van der Waals surface area contributed by atoms with Gasteiger partial charge in [0.1, 0.15) is 5.52 Å². The van der Waals surface area contributed by atoms with Crippen molar-refractivity contribution in [3.8, 4) is 6.01 Å². The number of nitrogens with two attached hydrogens (primary N) is 1. The number of anilines is 1. The van der Waals surface area contributed by atoms with Gasteiger partial charge in [0, 0.05) is 19.8 Å². The van der Waals surface area contributed by atoms with Gasteiger partial charge < -0.3 is 20.2 Å². The second-order valence-electron chi connectivity index (χ2n) is 7.09. The Balaban J connectivity index is 1.74. The Labute approximate surface area is 153 Å². The molecule has 0 aromatic carbocycles. The Morgan fingerprint density at radius 1 is 1.38 bits per heavy atom. The highest BCUT2D eigenvalue weighted by Gasteiger charge is 2.17. The van der Waals surface area contributed by atoms with Crippen LogP contribution in [0.3, 0.4) is 0 Å². The van der Waals surface area contributed by atoms with Crippen LogP contribution in [-0.4, -0.2) is 38.8 Å². The van der Waals surface area contributed by atoms with E-state index in [-0.39, 0.29) is 23.6 Å². The Hall–Kier alpha value is -2.09. The molecule has 3 heterocycles. The number of aryl methyl sites for hydroxylation is 1. The molecule has 2 aromatic heterocycles. The summed E-state index contributed by atoms with van der Waals surface area (Å²) in [5.74, 6) is 0.923. The van der Waals surface area contributed by atoms with E-state index in [9.17, 15) is 4.79 Å². The summed E-state index contributed by atoms with van der Waals surface area (Å²) >= 11 is 0. The zero-order valence-electron chi connectivity index (χ0n) is 15.7. The number of ether oxygens (including phenoxy) is 2. The smallest absolute Gasteiger partial charge is 0.327 e. The van der Waals surface area contributed by atoms with Gasteiger partial charge in [-0.25, -0.2) is 4.79 Å². The van der Waals surface area contributed by atoms with Crippen molar-refractivity contribution in [2.75, 3.05) is 18.9 Å². The lowest BCUT2D eigenvalue weighted by Gasteiger charge is -2.21. The Morgan fingerprint density at radius 2 is 2.15 bits per heavy atom. The van der Waals surface area contributed by atoms with Gasteiger partial charge in [-0.15, -0.1) is 0 Å². The zero-order chi connectivity index (χ0) is 18.5. The number of H-pyrrole nitrogens is 1. The number of nitrogens with zero attached hydrogens (tertiary/aromatic N) is 3. The van der Waals surface area contributed by atoms with Crippen molar-refractivity contribution in [3.05, 3.63) is 10.5 Å². The largest absolute Gasteiger partial charge is 0.460 e. The first-order valence-corrected chi connectivity index (χ1v) is 9.59. The first kappa shape index (κ1) is 18.7. The number of hydrogen-bond acceptors (Lipinski definition) is 6. The van der Waals surface area contributed by atoms with Gasteiger partial charge in [-0.1, -0.05) is 13.3 Å². The summed E-state index contributed by atoms with van der Waals surface area (Å²) < 4.78 is 12.8. The van der Waals surface area contributed by atoms with Gasteiger partial charge in [-0.2, -0.15) is 9.97 Å². The maximum Gasteiger partial charge on any atom is 0.327 e. The van der Waals surface area contributed by atoms with Gasteiger partial charge in [-0.05, 0) is 44.9 Å².